The smallest absolute Gasteiger partial charge is 0.236 e. The van der Waals surface area contributed by atoms with Crippen LogP contribution in [0.4, 0.5) is 0 Å². The van der Waals surface area contributed by atoms with Crippen molar-refractivity contribution >= 4 is 32.6 Å². The van der Waals surface area contributed by atoms with Gasteiger partial charge in [-0.05, 0) is 18.9 Å². The first-order chi connectivity index (χ1) is 10.8. The normalized spacial score (nSPS) is 12.5. The van der Waals surface area contributed by atoms with Gasteiger partial charge in [0.15, 0.2) is 0 Å². The summed E-state index contributed by atoms with van der Waals surface area (Å²) in [7, 11) is -3.42. The Morgan fingerprint density at radius 3 is 2.70 bits per heavy atom. The number of nitrogens with one attached hydrogen (secondary N) is 2. The molecule has 1 heterocycles. The SMILES string of the molecule is CCCCC(=NNC(=N)N)c1cn(S(C)(=O)=O)c2ccccc12. The van der Waals surface area contributed by atoms with Crippen molar-refractivity contribution in [1.29, 1.82) is 5.41 Å². The Morgan fingerprint density at radius 1 is 1.39 bits per heavy atom. The van der Waals surface area contributed by atoms with Crippen LogP contribution in [0.5, 0.6) is 0 Å². The molecule has 7 nitrogen and oxygen atoms in total. The largest absolute Gasteiger partial charge is 0.369 e. The Morgan fingerprint density at radius 2 is 2.09 bits per heavy atom. The zero-order valence-electron chi connectivity index (χ0n) is 13.2. The molecule has 0 spiro atoms. The summed E-state index contributed by atoms with van der Waals surface area (Å²) in [5.41, 5.74) is 9.77. The fourth-order valence-electron chi connectivity index (χ4n) is 2.38. The van der Waals surface area contributed by atoms with Crippen molar-refractivity contribution in [1.82, 2.24) is 9.40 Å². The summed E-state index contributed by atoms with van der Waals surface area (Å²) in [6.07, 6.45) is 5.28. The highest BCUT2D eigenvalue weighted by Gasteiger charge is 2.17. The number of benzene rings is 1. The lowest BCUT2D eigenvalue weighted by Crippen LogP contribution is -2.27. The van der Waals surface area contributed by atoms with Gasteiger partial charge in [-0.1, -0.05) is 31.5 Å². The van der Waals surface area contributed by atoms with Gasteiger partial charge in [-0.15, -0.1) is 0 Å². The van der Waals surface area contributed by atoms with Crippen LogP contribution in [0.1, 0.15) is 31.7 Å². The van der Waals surface area contributed by atoms with Gasteiger partial charge in [0, 0.05) is 17.1 Å². The standard InChI is InChI=1S/C15H21N5O2S/c1-3-4-8-13(18-19-15(16)17)12-10-20(23(2,21)22)14-9-6-5-7-11(12)14/h5-7,9-10H,3-4,8H2,1-2H3,(H4,16,17,19). The first-order valence-electron chi connectivity index (χ1n) is 7.32. The fourth-order valence-corrected chi connectivity index (χ4v) is 3.19. The average Bonchev–Trinajstić information content (AvgIpc) is 2.87. The number of guanidine groups is 1. The minimum atomic E-state index is -3.42. The second-order valence-electron chi connectivity index (χ2n) is 5.31. The fraction of sp³-hybridized carbons (Fsp3) is 0.333. The quantitative estimate of drug-likeness (QED) is 0.424. The number of hydrazone groups is 1. The third kappa shape index (κ3) is 3.89. The van der Waals surface area contributed by atoms with Crippen molar-refractivity contribution in [2.45, 2.75) is 26.2 Å². The molecular formula is C15H21N5O2S. The van der Waals surface area contributed by atoms with E-state index in [9.17, 15) is 8.42 Å². The molecule has 0 unspecified atom stereocenters. The molecule has 124 valence electrons. The molecule has 2 rings (SSSR count). The van der Waals surface area contributed by atoms with Crippen LogP contribution in [0, 0.1) is 5.41 Å². The van der Waals surface area contributed by atoms with Crippen molar-refractivity contribution in [3.63, 3.8) is 0 Å². The van der Waals surface area contributed by atoms with E-state index in [0.29, 0.717) is 17.6 Å². The summed E-state index contributed by atoms with van der Waals surface area (Å²) in [5.74, 6) is -0.258. The van der Waals surface area contributed by atoms with Crippen LogP contribution in [-0.2, 0) is 10.0 Å². The predicted octanol–water partition coefficient (Wildman–Crippen LogP) is 1.83. The lowest BCUT2D eigenvalue weighted by Gasteiger charge is -2.05. The highest BCUT2D eigenvalue weighted by molar-refractivity contribution is 7.89. The summed E-state index contributed by atoms with van der Waals surface area (Å²) in [6, 6.07) is 7.27. The number of rotatable bonds is 6. The highest BCUT2D eigenvalue weighted by Crippen LogP contribution is 2.24. The van der Waals surface area contributed by atoms with Gasteiger partial charge in [0.05, 0.1) is 17.5 Å². The zero-order chi connectivity index (χ0) is 17.0. The molecular weight excluding hydrogens is 314 g/mol. The van der Waals surface area contributed by atoms with Gasteiger partial charge in [-0.2, -0.15) is 5.10 Å². The predicted molar refractivity (Wildman–Crippen MR) is 93.3 cm³/mol. The van der Waals surface area contributed by atoms with Gasteiger partial charge in [-0.25, -0.2) is 17.8 Å². The minimum absolute atomic E-state index is 0.258. The van der Waals surface area contributed by atoms with E-state index in [0.717, 1.165) is 23.8 Å². The maximum absolute atomic E-state index is 12.0. The van der Waals surface area contributed by atoms with Crippen LogP contribution in [0.2, 0.25) is 0 Å². The number of fused-ring (bicyclic) bond motifs is 1. The van der Waals surface area contributed by atoms with E-state index in [2.05, 4.69) is 17.5 Å². The van der Waals surface area contributed by atoms with Crippen molar-refractivity contribution < 1.29 is 8.42 Å². The molecule has 0 aliphatic carbocycles. The summed E-state index contributed by atoms with van der Waals surface area (Å²) < 4.78 is 25.3. The first-order valence-corrected chi connectivity index (χ1v) is 9.17. The zero-order valence-corrected chi connectivity index (χ0v) is 14.0. The molecule has 0 amide bonds. The van der Waals surface area contributed by atoms with Crippen molar-refractivity contribution in [2.24, 2.45) is 10.8 Å². The monoisotopic (exact) mass is 335 g/mol. The summed E-state index contributed by atoms with van der Waals surface area (Å²) >= 11 is 0. The lowest BCUT2D eigenvalue weighted by atomic mass is 10.0. The number of aromatic nitrogens is 1. The lowest BCUT2D eigenvalue weighted by molar-refractivity contribution is 0.595. The Balaban J connectivity index is 2.63. The third-order valence-corrected chi connectivity index (χ3v) is 4.44. The Kier molecular flexibility index (Phi) is 5.05. The molecule has 0 radical (unpaired) electrons. The van der Waals surface area contributed by atoms with E-state index >= 15 is 0 Å². The Hall–Kier alpha value is -2.35. The van der Waals surface area contributed by atoms with E-state index in [-0.39, 0.29) is 5.96 Å². The molecule has 0 atom stereocenters. The van der Waals surface area contributed by atoms with E-state index in [1.165, 1.54) is 10.2 Å². The van der Waals surface area contributed by atoms with Gasteiger partial charge in [0.1, 0.15) is 0 Å². The minimum Gasteiger partial charge on any atom is -0.369 e. The van der Waals surface area contributed by atoms with E-state index in [4.69, 9.17) is 11.1 Å². The number of hydrogen-bond donors (Lipinski definition) is 3. The molecule has 1 aromatic heterocycles. The highest BCUT2D eigenvalue weighted by atomic mass is 32.2. The van der Waals surface area contributed by atoms with Crippen LogP contribution in [0.15, 0.2) is 35.6 Å². The summed E-state index contributed by atoms with van der Waals surface area (Å²) in [4.78, 5) is 0. The first kappa shape index (κ1) is 17.0. The van der Waals surface area contributed by atoms with Gasteiger partial charge in [0.25, 0.3) is 0 Å². The van der Waals surface area contributed by atoms with Crippen LogP contribution >= 0.6 is 0 Å². The molecule has 1 aromatic carbocycles. The Labute approximate surface area is 135 Å². The molecule has 4 N–H and O–H groups in total. The second kappa shape index (κ2) is 6.82. The Bertz CT molecular complexity index is 852. The number of nitrogens with two attached hydrogens (primary N) is 1. The van der Waals surface area contributed by atoms with Crippen LogP contribution in [-0.4, -0.2) is 30.3 Å². The van der Waals surface area contributed by atoms with Crippen molar-refractivity contribution in [3.05, 3.63) is 36.0 Å². The molecule has 8 heteroatoms. The van der Waals surface area contributed by atoms with E-state index in [1.807, 2.05) is 12.1 Å². The molecule has 23 heavy (non-hydrogen) atoms. The van der Waals surface area contributed by atoms with Gasteiger partial charge >= 0.3 is 0 Å². The summed E-state index contributed by atoms with van der Waals surface area (Å²) in [5, 5.41) is 12.2. The summed E-state index contributed by atoms with van der Waals surface area (Å²) in [6.45, 7) is 2.07. The van der Waals surface area contributed by atoms with E-state index in [1.54, 1.807) is 18.3 Å². The number of unbranched alkanes of at least 4 members (excludes halogenated alkanes) is 1. The molecule has 0 bridgehead atoms. The number of para-hydroxylation sites is 1. The van der Waals surface area contributed by atoms with Crippen LogP contribution in [0.3, 0.4) is 0 Å². The maximum Gasteiger partial charge on any atom is 0.236 e. The molecule has 0 saturated carbocycles. The molecule has 0 saturated heterocycles. The van der Waals surface area contributed by atoms with E-state index < -0.39 is 10.0 Å². The van der Waals surface area contributed by atoms with Crippen LogP contribution in [0.25, 0.3) is 10.9 Å². The average molecular weight is 335 g/mol. The van der Waals surface area contributed by atoms with Crippen molar-refractivity contribution in [3.8, 4) is 0 Å². The van der Waals surface area contributed by atoms with Gasteiger partial charge in [-0.3, -0.25) is 5.41 Å². The number of nitrogens with zero attached hydrogens (tertiary/aromatic N) is 2. The topological polar surface area (TPSA) is 113 Å². The molecule has 0 aliphatic rings. The van der Waals surface area contributed by atoms with Gasteiger partial charge < -0.3 is 5.73 Å². The molecule has 0 aliphatic heterocycles. The second-order valence-corrected chi connectivity index (χ2v) is 7.17. The van der Waals surface area contributed by atoms with Crippen molar-refractivity contribution in [2.75, 3.05) is 6.26 Å². The maximum atomic E-state index is 12.0. The molecule has 2 aromatic rings. The van der Waals surface area contributed by atoms with Gasteiger partial charge in [0.2, 0.25) is 16.0 Å². The molecule has 0 fully saturated rings. The van der Waals surface area contributed by atoms with Crippen LogP contribution < -0.4 is 11.2 Å². The number of hydrogen-bond acceptors (Lipinski definition) is 4. The third-order valence-electron chi connectivity index (χ3n) is 3.42.